The van der Waals surface area contributed by atoms with Crippen molar-refractivity contribution in [2.45, 2.75) is 58.0 Å². The Balaban J connectivity index is 1.54. The number of hydrogen-bond donors (Lipinski definition) is 2. The minimum atomic E-state index is -0.160. The van der Waals surface area contributed by atoms with Crippen molar-refractivity contribution < 1.29 is 9.13 Å². The maximum atomic E-state index is 13.6. The summed E-state index contributed by atoms with van der Waals surface area (Å²) < 4.78 is 19.7. The molecule has 1 saturated heterocycles. The lowest BCUT2D eigenvalue weighted by Gasteiger charge is -2.40. The average molecular weight is 376 g/mol. The van der Waals surface area contributed by atoms with Crippen molar-refractivity contribution in [3.8, 4) is 0 Å². The predicted molar refractivity (Wildman–Crippen MR) is 109 cm³/mol. The predicted octanol–water partition coefficient (Wildman–Crippen LogP) is 3.86. The van der Waals surface area contributed by atoms with E-state index < -0.39 is 0 Å². The van der Waals surface area contributed by atoms with E-state index >= 15 is 0 Å². The van der Waals surface area contributed by atoms with Crippen molar-refractivity contribution in [3.63, 3.8) is 0 Å². The van der Waals surface area contributed by atoms with Gasteiger partial charge in [-0.15, -0.1) is 0 Å². The lowest BCUT2D eigenvalue weighted by molar-refractivity contribution is -0.0835. The summed E-state index contributed by atoms with van der Waals surface area (Å²) >= 11 is 0. The number of guanidine groups is 1. The normalized spacial score (nSPS) is 25.1. The largest absolute Gasteiger partial charge is 0.377 e. The summed E-state index contributed by atoms with van der Waals surface area (Å²) in [4.78, 5) is 4.38. The third-order valence-corrected chi connectivity index (χ3v) is 5.94. The van der Waals surface area contributed by atoms with Crippen LogP contribution in [0, 0.1) is 17.2 Å². The van der Waals surface area contributed by atoms with E-state index in [1.54, 1.807) is 19.2 Å². The van der Waals surface area contributed by atoms with Crippen LogP contribution in [0.5, 0.6) is 0 Å². The summed E-state index contributed by atoms with van der Waals surface area (Å²) in [6.07, 6.45) is 4.73. The Kier molecular flexibility index (Phi) is 6.09. The molecule has 1 aromatic rings. The Bertz CT molecular complexity index is 664. The van der Waals surface area contributed by atoms with Gasteiger partial charge in [-0.2, -0.15) is 0 Å². The molecule has 1 aliphatic heterocycles. The minimum Gasteiger partial charge on any atom is -0.377 e. The van der Waals surface area contributed by atoms with Crippen LogP contribution in [0.4, 0.5) is 4.39 Å². The minimum absolute atomic E-state index is 0.0433. The van der Waals surface area contributed by atoms with Crippen LogP contribution in [0.15, 0.2) is 29.3 Å². The molecule has 150 valence electrons. The fourth-order valence-corrected chi connectivity index (χ4v) is 4.25. The smallest absolute Gasteiger partial charge is 0.191 e. The van der Waals surface area contributed by atoms with E-state index in [2.05, 4.69) is 36.4 Å². The maximum absolute atomic E-state index is 13.6. The van der Waals surface area contributed by atoms with Crippen LogP contribution >= 0.6 is 0 Å². The number of benzene rings is 1. The van der Waals surface area contributed by atoms with Gasteiger partial charge in [0.2, 0.25) is 0 Å². The second-order valence-corrected chi connectivity index (χ2v) is 9.16. The molecule has 0 aromatic heterocycles. The molecule has 1 aromatic carbocycles. The summed E-state index contributed by atoms with van der Waals surface area (Å²) in [5.74, 6) is 1.14. The highest BCUT2D eigenvalue weighted by Crippen LogP contribution is 2.47. The van der Waals surface area contributed by atoms with Crippen LogP contribution in [-0.2, 0) is 10.2 Å². The Hall–Kier alpha value is -1.62. The fraction of sp³-hybridized carbons (Fsp3) is 0.682. The second kappa shape index (κ2) is 8.17. The number of halogens is 1. The molecule has 4 nitrogen and oxygen atoms in total. The monoisotopic (exact) mass is 375 g/mol. The number of nitrogens with zero attached hydrogens (tertiary/aromatic N) is 1. The van der Waals surface area contributed by atoms with Gasteiger partial charge in [0.1, 0.15) is 5.82 Å². The molecular weight excluding hydrogens is 341 g/mol. The van der Waals surface area contributed by atoms with Crippen molar-refractivity contribution in [1.82, 2.24) is 10.6 Å². The van der Waals surface area contributed by atoms with Gasteiger partial charge in [0.05, 0.1) is 6.10 Å². The molecule has 0 radical (unpaired) electrons. The van der Waals surface area contributed by atoms with E-state index in [9.17, 15) is 4.39 Å². The molecule has 1 heterocycles. The quantitative estimate of drug-likeness (QED) is 0.607. The molecule has 27 heavy (non-hydrogen) atoms. The molecule has 0 spiro atoms. The number of aliphatic imine (C=N–C) groups is 1. The Morgan fingerprint density at radius 2 is 2.07 bits per heavy atom. The standard InChI is InChI=1S/C22H34FN3O/c1-21(2,3)19-16(7-6-12-27-19)14-25-20(24-4)26-15-22(10-11-22)17-8-5-9-18(23)13-17/h5,8-9,13,16,19H,6-7,10-12,14-15H2,1-4H3,(H2,24,25,26). The van der Waals surface area contributed by atoms with Gasteiger partial charge in [0.25, 0.3) is 0 Å². The van der Waals surface area contributed by atoms with Gasteiger partial charge < -0.3 is 15.4 Å². The molecule has 0 amide bonds. The van der Waals surface area contributed by atoms with Crippen molar-refractivity contribution in [2.75, 3.05) is 26.7 Å². The van der Waals surface area contributed by atoms with Gasteiger partial charge in [0, 0.05) is 38.1 Å². The van der Waals surface area contributed by atoms with Gasteiger partial charge in [-0.3, -0.25) is 4.99 Å². The van der Waals surface area contributed by atoms with E-state index in [4.69, 9.17) is 4.74 Å². The van der Waals surface area contributed by atoms with Crippen molar-refractivity contribution in [3.05, 3.63) is 35.6 Å². The zero-order chi connectivity index (χ0) is 19.5. The van der Waals surface area contributed by atoms with E-state index in [1.165, 1.54) is 12.5 Å². The van der Waals surface area contributed by atoms with Crippen LogP contribution in [0.2, 0.25) is 0 Å². The fourth-order valence-electron chi connectivity index (χ4n) is 4.25. The van der Waals surface area contributed by atoms with Gasteiger partial charge >= 0.3 is 0 Å². The molecule has 2 N–H and O–H groups in total. The van der Waals surface area contributed by atoms with Crippen LogP contribution in [0.3, 0.4) is 0 Å². The maximum Gasteiger partial charge on any atom is 0.191 e. The van der Waals surface area contributed by atoms with Gasteiger partial charge in [-0.1, -0.05) is 32.9 Å². The summed E-state index contributed by atoms with van der Waals surface area (Å²) in [7, 11) is 1.80. The topological polar surface area (TPSA) is 45.7 Å². The first-order chi connectivity index (χ1) is 12.8. The third kappa shape index (κ3) is 5.01. The highest BCUT2D eigenvalue weighted by molar-refractivity contribution is 5.79. The summed E-state index contributed by atoms with van der Waals surface area (Å²) in [5.41, 5.74) is 1.26. The molecule has 0 bridgehead atoms. The molecule has 2 aliphatic rings. The SMILES string of the molecule is CN=C(NCC1CCCOC1C(C)(C)C)NCC1(c2cccc(F)c2)CC1. The summed E-state index contributed by atoms with van der Waals surface area (Å²) in [6.45, 7) is 9.24. The molecule has 2 fully saturated rings. The highest BCUT2D eigenvalue weighted by Gasteiger charge is 2.44. The first-order valence-corrected chi connectivity index (χ1v) is 10.2. The highest BCUT2D eigenvalue weighted by atomic mass is 19.1. The molecule has 2 atom stereocenters. The Morgan fingerprint density at radius 3 is 2.70 bits per heavy atom. The summed E-state index contributed by atoms with van der Waals surface area (Å²) in [5, 5.41) is 6.95. The second-order valence-electron chi connectivity index (χ2n) is 9.16. The van der Waals surface area contributed by atoms with Crippen LogP contribution in [0.1, 0.15) is 52.0 Å². The van der Waals surface area contributed by atoms with Gasteiger partial charge in [0.15, 0.2) is 5.96 Å². The lowest BCUT2D eigenvalue weighted by atomic mass is 9.78. The van der Waals surface area contributed by atoms with E-state index in [-0.39, 0.29) is 22.8 Å². The zero-order valence-corrected chi connectivity index (χ0v) is 17.1. The van der Waals surface area contributed by atoms with Crippen molar-refractivity contribution in [1.29, 1.82) is 0 Å². The Labute approximate surface area is 163 Å². The first kappa shape index (κ1) is 20.1. The number of hydrogen-bond acceptors (Lipinski definition) is 2. The van der Waals surface area contributed by atoms with E-state index in [1.807, 2.05) is 6.07 Å². The van der Waals surface area contributed by atoms with Gasteiger partial charge in [-0.25, -0.2) is 4.39 Å². The lowest BCUT2D eigenvalue weighted by Crippen LogP contribution is -2.48. The molecular formula is C22H34FN3O. The third-order valence-electron chi connectivity index (χ3n) is 5.94. The van der Waals surface area contributed by atoms with Crippen molar-refractivity contribution in [2.24, 2.45) is 16.3 Å². The van der Waals surface area contributed by atoms with E-state index in [0.717, 1.165) is 50.5 Å². The molecule has 1 saturated carbocycles. The number of nitrogens with one attached hydrogen (secondary N) is 2. The molecule has 2 unspecified atom stereocenters. The first-order valence-electron chi connectivity index (χ1n) is 10.2. The van der Waals surface area contributed by atoms with Crippen molar-refractivity contribution >= 4 is 5.96 Å². The van der Waals surface area contributed by atoms with Crippen LogP contribution < -0.4 is 10.6 Å². The van der Waals surface area contributed by atoms with Crippen LogP contribution in [-0.4, -0.2) is 38.8 Å². The Morgan fingerprint density at radius 1 is 1.30 bits per heavy atom. The zero-order valence-electron chi connectivity index (χ0n) is 17.1. The average Bonchev–Trinajstić information content (AvgIpc) is 3.42. The summed E-state index contributed by atoms with van der Waals surface area (Å²) in [6, 6.07) is 7.00. The molecule has 3 rings (SSSR count). The molecule has 1 aliphatic carbocycles. The molecule has 5 heteroatoms. The van der Waals surface area contributed by atoms with E-state index in [0.29, 0.717) is 5.92 Å². The van der Waals surface area contributed by atoms with Gasteiger partial charge in [-0.05, 0) is 48.8 Å². The number of ether oxygens (including phenoxy) is 1. The van der Waals surface area contributed by atoms with Crippen LogP contribution in [0.25, 0.3) is 0 Å². The number of rotatable bonds is 5.